The molecule has 1 unspecified atom stereocenters. The zero-order valence-corrected chi connectivity index (χ0v) is 17.0. The van der Waals surface area contributed by atoms with Crippen LogP contribution in [0.3, 0.4) is 0 Å². The molecule has 2 aromatic carbocycles. The van der Waals surface area contributed by atoms with Crippen LogP contribution >= 0.6 is 0 Å². The fourth-order valence-corrected chi connectivity index (χ4v) is 4.43. The van der Waals surface area contributed by atoms with E-state index in [1.54, 1.807) is 7.11 Å². The third kappa shape index (κ3) is 3.03. The van der Waals surface area contributed by atoms with Gasteiger partial charge in [-0.2, -0.15) is 5.10 Å². The van der Waals surface area contributed by atoms with E-state index < -0.39 is 0 Å². The van der Waals surface area contributed by atoms with Crippen molar-refractivity contribution in [2.75, 3.05) is 17.7 Å². The average Bonchev–Trinajstić information content (AvgIpc) is 3.53. The monoisotopic (exact) mass is 390 g/mol. The zero-order valence-electron chi connectivity index (χ0n) is 17.0. The molecule has 0 bridgehead atoms. The predicted molar refractivity (Wildman–Crippen MR) is 116 cm³/mol. The van der Waals surface area contributed by atoms with Crippen LogP contribution in [0.1, 0.15) is 37.8 Å². The van der Waals surface area contributed by atoms with Gasteiger partial charge in [-0.15, -0.1) is 0 Å². The van der Waals surface area contributed by atoms with Gasteiger partial charge >= 0.3 is 0 Å². The standard InChI is InChI=1S/C23H26N4O2/c1-13-10-16(12-28)25-23-20(29-3)9-7-17(22(23)24-13)15-6-8-19-18(11-15)21(14-4-5-14)26-27(19)2/h6-9,11-14,16,24-25H,4-5,10H2,1-3H3/t13-,16?/m1/s1. The Hall–Kier alpha value is -3.02. The number of aldehydes is 1. The highest BCUT2D eigenvalue weighted by Gasteiger charge is 2.29. The molecule has 1 saturated carbocycles. The number of hydrogen-bond donors (Lipinski definition) is 2. The molecule has 2 atom stereocenters. The summed E-state index contributed by atoms with van der Waals surface area (Å²) in [7, 11) is 3.67. The quantitative estimate of drug-likeness (QED) is 0.650. The Morgan fingerprint density at radius 1 is 1.17 bits per heavy atom. The number of nitrogens with one attached hydrogen (secondary N) is 2. The van der Waals surface area contributed by atoms with E-state index in [4.69, 9.17) is 9.84 Å². The summed E-state index contributed by atoms with van der Waals surface area (Å²) >= 11 is 0. The molecule has 0 radical (unpaired) electrons. The van der Waals surface area contributed by atoms with Gasteiger partial charge in [0, 0.05) is 30.0 Å². The molecular weight excluding hydrogens is 364 g/mol. The van der Waals surface area contributed by atoms with Crippen molar-refractivity contribution in [2.24, 2.45) is 7.05 Å². The number of carbonyl (C=O) groups is 1. The van der Waals surface area contributed by atoms with Crippen molar-refractivity contribution in [1.82, 2.24) is 9.78 Å². The first kappa shape index (κ1) is 18.0. The van der Waals surface area contributed by atoms with Crippen molar-refractivity contribution < 1.29 is 9.53 Å². The van der Waals surface area contributed by atoms with Crippen LogP contribution in [-0.4, -0.2) is 35.3 Å². The van der Waals surface area contributed by atoms with E-state index in [-0.39, 0.29) is 12.1 Å². The van der Waals surface area contributed by atoms with Crippen molar-refractivity contribution in [3.05, 3.63) is 36.0 Å². The Kier molecular flexibility index (Phi) is 4.23. The van der Waals surface area contributed by atoms with E-state index in [2.05, 4.69) is 41.8 Å². The number of nitrogens with zero attached hydrogens (tertiary/aromatic N) is 2. The largest absolute Gasteiger partial charge is 0.495 e. The fraction of sp³-hybridized carbons (Fsp3) is 0.391. The van der Waals surface area contributed by atoms with E-state index in [1.165, 1.54) is 23.9 Å². The van der Waals surface area contributed by atoms with Crippen LogP contribution in [0.25, 0.3) is 22.0 Å². The molecule has 2 heterocycles. The van der Waals surface area contributed by atoms with E-state index in [9.17, 15) is 4.79 Å². The molecule has 1 aromatic heterocycles. The maximum absolute atomic E-state index is 11.5. The molecule has 3 aromatic rings. The van der Waals surface area contributed by atoms with E-state index >= 15 is 0 Å². The number of ether oxygens (including phenoxy) is 1. The Morgan fingerprint density at radius 3 is 2.72 bits per heavy atom. The lowest BCUT2D eigenvalue weighted by Crippen LogP contribution is -2.25. The molecule has 2 aliphatic rings. The lowest BCUT2D eigenvalue weighted by Gasteiger charge is -2.19. The molecule has 6 nitrogen and oxygen atoms in total. The SMILES string of the molecule is COc1ccc(-c2ccc3c(c2)c(C2CC2)nn3C)c2c1NC(C=O)C[C@@H](C)N2. The van der Waals surface area contributed by atoms with Gasteiger partial charge in [-0.3, -0.25) is 4.68 Å². The van der Waals surface area contributed by atoms with Crippen molar-refractivity contribution in [2.45, 2.75) is 44.2 Å². The molecule has 1 aliphatic heterocycles. The highest BCUT2D eigenvalue weighted by molar-refractivity contribution is 5.95. The molecule has 6 heteroatoms. The minimum atomic E-state index is -0.245. The number of rotatable bonds is 4. The molecule has 0 spiro atoms. The predicted octanol–water partition coefficient (Wildman–Crippen LogP) is 4.31. The minimum Gasteiger partial charge on any atom is -0.495 e. The minimum absolute atomic E-state index is 0.161. The van der Waals surface area contributed by atoms with Gasteiger partial charge in [0.15, 0.2) is 0 Å². The fourth-order valence-electron chi connectivity index (χ4n) is 4.43. The number of hydrogen-bond acceptors (Lipinski definition) is 5. The van der Waals surface area contributed by atoms with Crippen LogP contribution in [0, 0.1) is 0 Å². The first-order valence-corrected chi connectivity index (χ1v) is 10.3. The molecule has 150 valence electrons. The Morgan fingerprint density at radius 2 is 2.00 bits per heavy atom. The molecule has 2 N–H and O–H groups in total. The Bertz CT molecular complexity index is 1100. The highest BCUT2D eigenvalue weighted by Crippen LogP contribution is 2.46. The average molecular weight is 390 g/mol. The smallest absolute Gasteiger partial charge is 0.144 e. The maximum atomic E-state index is 11.5. The second-order valence-electron chi connectivity index (χ2n) is 8.25. The summed E-state index contributed by atoms with van der Waals surface area (Å²) in [4.78, 5) is 11.5. The summed E-state index contributed by atoms with van der Waals surface area (Å²) in [6, 6.07) is 10.5. The normalized spacial score (nSPS) is 21.1. The Labute approximate surface area is 170 Å². The second-order valence-corrected chi connectivity index (χ2v) is 8.25. The van der Waals surface area contributed by atoms with Crippen molar-refractivity contribution in [3.63, 3.8) is 0 Å². The van der Waals surface area contributed by atoms with Crippen LogP contribution < -0.4 is 15.4 Å². The molecule has 1 aliphatic carbocycles. The van der Waals surface area contributed by atoms with E-state index in [0.717, 1.165) is 40.1 Å². The number of aromatic nitrogens is 2. The molecule has 1 fully saturated rings. The number of carbonyl (C=O) groups excluding carboxylic acids is 1. The third-order valence-electron chi connectivity index (χ3n) is 6.03. The van der Waals surface area contributed by atoms with Crippen LogP contribution in [0.2, 0.25) is 0 Å². The van der Waals surface area contributed by atoms with Crippen molar-refractivity contribution >= 4 is 28.6 Å². The number of fused-ring (bicyclic) bond motifs is 2. The summed E-state index contributed by atoms with van der Waals surface area (Å²) in [5.41, 5.74) is 6.44. The van der Waals surface area contributed by atoms with Crippen molar-refractivity contribution in [3.8, 4) is 16.9 Å². The number of aryl methyl sites for hydroxylation is 1. The van der Waals surface area contributed by atoms with Crippen LogP contribution in [-0.2, 0) is 11.8 Å². The second kappa shape index (κ2) is 6.79. The number of methoxy groups -OCH3 is 1. The van der Waals surface area contributed by atoms with Gasteiger partial charge in [-0.05, 0) is 56.0 Å². The van der Waals surface area contributed by atoms with Gasteiger partial charge in [-0.25, -0.2) is 0 Å². The molecule has 0 saturated heterocycles. The van der Waals surface area contributed by atoms with E-state index in [1.807, 2.05) is 17.8 Å². The summed E-state index contributed by atoms with van der Waals surface area (Å²) in [5.74, 6) is 1.33. The van der Waals surface area contributed by atoms with Gasteiger partial charge in [0.2, 0.25) is 0 Å². The summed E-state index contributed by atoms with van der Waals surface area (Å²) in [6.07, 6.45) is 4.14. The van der Waals surface area contributed by atoms with Crippen molar-refractivity contribution in [1.29, 1.82) is 0 Å². The van der Waals surface area contributed by atoms with Gasteiger partial charge in [-0.1, -0.05) is 6.07 Å². The molecule has 0 amide bonds. The maximum Gasteiger partial charge on any atom is 0.144 e. The first-order valence-electron chi connectivity index (χ1n) is 10.3. The highest BCUT2D eigenvalue weighted by atomic mass is 16.5. The van der Waals surface area contributed by atoms with Crippen LogP contribution in [0.5, 0.6) is 5.75 Å². The summed E-state index contributed by atoms with van der Waals surface area (Å²) in [5, 5.41) is 13.0. The van der Waals surface area contributed by atoms with Crippen LogP contribution in [0.4, 0.5) is 11.4 Å². The van der Waals surface area contributed by atoms with Gasteiger partial charge < -0.3 is 20.2 Å². The third-order valence-corrected chi connectivity index (χ3v) is 6.03. The van der Waals surface area contributed by atoms with Crippen LogP contribution in [0.15, 0.2) is 30.3 Å². The lowest BCUT2D eigenvalue weighted by atomic mass is 9.99. The zero-order chi connectivity index (χ0) is 20.1. The molecule has 5 rings (SSSR count). The molecule has 29 heavy (non-hydrogen) atoms. The number of benzene rings is 2. The van der Waals surface area contributed by atoms with Gasteiger partial charge in [0.25, 0.3) is 0 Å². The first-order chi connectivity index (χ1) is 14.1. The summed E-state index contributed by atoms with van der Waals surface area (Å²) in [6.45, 7) is 2.10. The Balaban J connectivity index is 1.68. The topological polar surface area (TPSA) is 68.2 Å². The lowest BCUT2D eigenvalue weighted by molar-refractivity contribution is -0.108. The summed E-state index contributed by atoms with van der Waals surface area (Å²) < 4.78 is 7.57. The molecular formula is C23H26N4O2. The van der Waals surface area contributed by atoms with Gasteiger partial charge in [0.1, 0.15) is 17.7 Å². The van der Waals surface area contributed by atoms with Gasteiger partial charge in [0.05, 0.1) is 30.0 Å². The number of anilines is 2. The van der Waals surface area contributed by atoms with E-state index in [0.29, 0.717) is 12.3 Å².